The molecular weight excluding hydrogens is 545 g/mol. The highest BCUT2D eigenvalue weighted by molar-refractivity contribution is 7.92. The quantitative estimate of drug-likeness (QED) is 0.206. The van der Waals surface area contributed by atoms with Crippen LogP contribution >= 0.6 is 0 Å². The van der Waals surface area contributed by atoms with Gasteiger partial charge in [0.05, 0.1) is 4.90 Å². The summed E-state index contributed by atoms with van der Waals surface area (Å²) in [6.07, 6.45) is -3.40. The summed E-state index contributed by atoms with van der Waals surface area (Å²) < 4.78 is 68.5. The maximum absolute atomic E-state index is 12.7. The lowest BCUT2D eigenvalue weighted by atomic mass is 9.89. The largest absolute Gasteiger partial charge is 0.573 e. The zero-order valence-electron chi connectivity index (χ0n) is 20.9. The van der Waals surface area contributed by atoms with E-state index in [0.717, 1.165) is 65.0 Å². The van der Waals surface area contributed by atoms with Crippen LogP contribution in [0, 0.1) is 0 Å². The zero-order chi connectivity index (χ0) is 28.5. The molecule has 0 aromatic heterocycles. The number of anilines is 1. The number of ether oxygens (including phenoxy) is 1. The number of hydrogen-bond donors (Lipinski definition) is 4. The van der Waals surface area contributed by atoms with E-state index >= 15 is 0 Å². The highest BCUT2D eigenvalue weighted by Gasteiger charge is 2.31. The molecule has 4 aromatic rings. The van der Waals surface area contributed by atoms with Crippen LogP contribution in [0.5, 0.6) is 17.2 Å². The van der Waals surface area contributed by atoms with Crippen LogP contribution in [0.15, 0.2) is 89.8 Å². The van der Waals surface area contributed by atoms with Gasteiger partial charge in [-0.15, -0.1) is 13.2 Å². The van der Waals surface area contributed by atoms with Crippen LogP contribution in [0.3, 0.4) is 0 Å². The fraction of sp³-hybridized carbons (Fsp3) is 0.172. The van der Waals surface area contributed by atoms with Crippen molar-refractivity contribution < 1.29 is 36.5 Å². The van der Waals surface area contributed by atoms with E-state index in [4.69, 9.17) is 0 Å². The fourth-order valence-corrected chi connectivity index (χ4v) is 5.74. The summed E-state index contributed by atoms with van der Waals surface area (Å²) in [5.74, 6) is -0.764. The van der Waals surface area contributed by atoms with E-state index in [1.165, 1.54) is 0 Å². The number of halogens is 3. The van der Waals surface area contributed by atoms with Crippen molar-refractivity contribution in [3.63, 3.8) is 0 Å². The highest BCUT2D eigenvalue weighted by Crippen LogP contribution is 2.35. The van der Waals surface area contributed by atoms with E-state index in [-0.39, 0.29) is 22.4 Å². The van der Waals surface area contributed by atoms with Gasteiger partial charge in [0.25, 0.3) is 10.0 Å². The number of phenols is 2. The molecule has 1 unspecified atom stereocenters. The molecule has 4 N–H and O–H groups in total. The minimum atomic E-state index is -4.87. The van der Waals surface area contributed by atoms with Gasteiger partial charge in [0, 0.05) is 11.7 Å². The van der Waals surface area contributed by atoms with Crippen molar-refractivity contribution in [2.24, 2.45) is 0 Å². The standard InChI is InChI=1S/C29H25F3N2O5S/c30-29(31,32)39-23-9-11-24(12-10-23)40(37,38)34-22-7-5-20(6-8-22)19-3-1-18(2-4-19)15-26-25-17-28(36)27(35)16-21(25)13-14-33-26/h1-12,16-17,26,33-36H,13-15H2. The van der Waals surface area contributed by atoms with Crippen LogP contribution in [0.4, 0.5) is 18.9 Å². The highest BCUT2D eigenvalue weighted by atomic mass is 32.2. The topological polar surface area (TPSA) is 108 Å². The molecular formula is C29H25F3N2O5S. The summed E-state index contributed by atoms with van der Waals surface area (Å²) in [7, 11) is -4.02. The molecule has 1 heterocycles. The summed E-state index contributed by atoms with van der Waals surface area (Å²) in [6.45, 7) is 0.772. The second kappa shape index (κ2) is 10.7. The van der Waals surface area contributed by atoms with E-state index in [2.05, 4.69) is 14.8 Å². The number of sulfonamides is 1. The number of phenolic OH excluding ortho intramolecular Hbond substituents is 2. The molecule has 0 fully saturated rings. The summed E-state index contributed by atoms with van der Waals surface area (Å²) >= 11 is 0. The molecule has 11 heteroatoms. The van der Waals surface area contributed by atoms with Crippen molar-refractivity contribution in [2.45, 2.75) is 30.1 Å². The Morgan fingerprint density at radius 1 is 0.875 bits per heavy atom. The predicted octanol–water partition coefficient (Wildman–Crippen LogP) is 5.89. The molecule has 0 aliphatic carbocycles. The van der Waals surface area contributed by atoms with Crippen LogP contribution in [0.2, 0.25) is 0 Å². The second-order valence-corrected chi connectivity index (χ2v) is 11.1. The summed E-state index contributed by atoms with van der Waals surface area (Å²) in [6, 6.07) is 21.9. The lowest BCUT2D eigenvalue weighted by Crippen LogP contribution is -2.31. The Kier molecular flexibility index (Phi) is 7.35. The minimum absolute atomic E-state index is 0.00164. The van der Waals surface area contributed by atoms with Crippen LogP contribution in [0.25, 0.3) is 11.1 Å². The SMILES string of the molecule is O=S(=O)(Nc1ccc(-c2ccc(CC3NCCc4cc(O)c(O)cc43)cc2)cc1)c1ccc(OC(F)(F)F)cc1. The van der Waals surface area contributed by atoms with Gasteiger partial charge in [-0.3, -0.25) is 4.72 Å². The molecule has 0 radical (unpaired) electrons. The van der Waals surface area contributed by atoms with Crippen LogP contribution < -0.4 is 14.8 Å². The fourth-order valence-electron chi connectivity index (χ4n) is 4.68. The molecule has 1 atom stereocenters. The third-order valence-electron chi connectivity index (χ3n) is 6.63. The first kappa shape index (κ1) is 27.4. The molecule has 1 aliphatic rings. The number of nitrogens with one attached hydrogen (secondary N) is 2. The predicted molar refractivity (Wildman–Crippen MR) is 144 cm³/mol. The van der Waals surface area contributed by atoms with Crippen molar-refractivity contribution in [3.05, 3.63) is 102 Å². The number of rotatable bonds is 7. The van der Waals surface area contributed by atoms with Crippen molar-refractivity contribution in [2.75, 3.05) is 11.3 Å². The third-order valence-corrected chi connectivity index (χ3v) is 8.03. The Hall–Kier alpha value is -4.22. The molecule has 0 saturated heterocycles. The number of fused-ring (bicyclic) bond motifs is 1. The second-order valence-electron chi connectivity index (χ2n) is 9.40. The molecule has 0 bridgehead atoms. The number of benzene rings is 4. The van der Waals surface area contributed by atoms with Crippen LogP contribution in [-0.4, -0.2) is 31.5 Å². The first-order chi connectivity index (χ1) is 19.0. The summed E-state index contributed by atoms with van der Waals surface area (Å²) in [5.41, 5.74) is 5.15. The Balaban J connectivity index is 1.24. The molecule has 0 saturated carbocycles. The van der Waals surface area contributed by atoms with Crippen LogP contribution in [0.1, 0.15) is 22.7 Å². The van der Waals surface area contributed by atoms with Gasteiger partial charge in [0.2, 0.25) is 0 Å². The Bertz CT molecular complexity index is 1610. The normalized spacial score (nSPS) is 15.3. The maximum Gasteiger partial charge on any atom is 0.573 e. The molecule has 40 heavy (non-hydrogen) atoms. The Morgan fingerprint density at radius 3 is 2.10 bits per heavy atom. The monoisotopic (exact) mass is 570 g/mol. The lowest BCUT2D eigenvalue weighted by molar-refractivity contribution is -0.274. The van der Waals surface area contributed by atoms with E-state index in [1.54, 1.807) is 36.4 Å². The van der Waals surface area contributed by atoms with Gasteiger partial charge in [-0.05, 0) is 95.7 Å². The average molecular weight is 571 g/mol. The molecule has 0 amide bonds. The number of alkyl halides is 3. The molecule has 7 nitrogen and oxygen atoms in total. The average Bonchev–Trinajstić information content (AvgIpc) is 2.90. The molecule has 208 valence electrons. The Morgan fingerprint density at radius 2 is 1.48 bits per heavy atom. The van der Waals surface area contributed by atoms with Gasteiger partial charge in [0.15, 0.2) is 11.5 Å². The van der Waals surface area contributed by atoms with E-state index < -0.39 is 22.1 Å². The smallest absolute Gasteiger partial charge is 0.504 e. The third kappa shape index (κ3) is 6.32. The summed E-state index contributed by atoms with van der Waals surface area (Å²) in [5, 5.41) is 23.2. The number of hydrogen-bond acceptors (Lipinski definition) is 6. The van der Waals surface area contributed by atoms with Gasteiger partial charge in [-0.1, -0.05) is 36.4 Å². The van der Waals surface area contributed by atoms with Crippen molar-refractivity contribution in [3.8, 4) is 28.4 Å². The van der Waals surface area contributed by atoms with E-state index in [0.29, 0.717) is 12.1 Å². The minimum Gasteiger partial charge on any atom is -0.504 e. The lowest BCUT2D eigenvalue weighted by Gasteiger charge is -2.27. The maximum atomic E-state index is 12.7. The van der Waals surface area contributed by atoms with Crippen LogP contribution in [-0.2, 0) is 22.9 Å². The van der Waals surface area contributed by atoms with Crippen molar-refractivity contribution >= 4 is 15.7 Å². The Labute approximate surface area is 228 Å². The molecule has 5 rings (SSSR count). The van der Waals surface area contributed by atoms with Gasteiger partial charge in [-0.2, -0.15) is 0 Å². The van der Waals surface area contributed by atoms with Crippen molar-refractivity contribution in [1.82, 2.24) is 5.32 Å². The van der Waals surface area contributed by atoms with E-state index in [1.807, 2.05) is 24.3 Å². The molecule has 0 spiro atoms. The van der Waals surface area contributed by atoms with Gasteiger partial charge in [0.1, 0.15) is 5.75 Å². The van der Waals surface area contributed by atoms with Gasteiger partial charge < -0.3 is 20.3 Å². The van der Waals surface area contributed by atoms with Crippen molar-refractivity contribution in [1.29, 1.82) is 0 Å². The first-order valence-electron chi connectivity index (χ1n) is 12.3. The van der Waals surface area contributed by atoms with Gasteiger partial charge >= 0.3 is 6.36 Å². The van der Waals surface area contributed by atoms with Gasteiger partial charge in [-0.25, -0.2) is 8.42 Å². The molecule has 4 aromatic carbocycles. The number of aromatic hydroxyl groups is 2. The summed E-state index contributed by atoms with van der Waals surface area (Å²) in [4.78, 5) is -0.205. The van der Waals surface area contributed by atoms with E-state index in [9.17, 15) is 31.8 Å². The zero-order valence-corrected chi connectivity index (χ0v) is 21.8. The first-order valence-corrected chi connectivity index (χ1v) is 13.8. The molecule has 1 aliphatic heterocycles.